The second kappa shape index (κ2) is 5.26. The van der Waals surface area contributed by atoms with Gasteiger partial charge < -0.3 is 0 Å². The van der Waals surface area contributed by atoms with Gasteiger partial charge in [-0.25, -0.2) is 0 Å². The van der Waals surface area contributed by atoms with Gasteiger partial charge in [0.2, 0.25) is 4.96 Å². The predicted molar refractivity (Wildman–Crippen MR) is 78.3 cm³/mol. The maximum absolute atomic E-state index is 4.59. The maximum atomic E-state index is 4.59. The molecule has 98 valence electrons. The van der Waals surface area contributed by atoms with E-state index < -0.39 is 0 Å². The molecule has 0 atom stereocenters. The van der Waals surface area contributed by atoms with E-state index in [0.29, 0.717) is 5.25 Å². The Morgan fingerprint density at radius 3 is 2.79 bits per heavy atom. The number of fused-ring (bicyclic) bond motifs is 1. The molecule has 0 unspecified atom stereocenters. The number of thioether (sulfide) groups is 1. The second-order valence-electron chi connectivity index (χ2n) is 4.31. The Bertz CT molecular complexity index is 674. The molecule has 0 saturated carbocycles. The second-order valence-corrected chi connectivity index (χ2v) is 6.83. The summed E-state index contributed by atoms with van der Waals surface area (Å²) < 4.78 is 1.84. The minimum absolute atomic E-state index is 0.575. The first-order chi connectivity index (χ1) is 9.24. The molecule has 0 N–H and O–H groups in total. The Hall–Kier alpha value is -1.47. The van der Waals surface area contributed by atoms with Gasteiger partial charge in [0, 0.05) is 18.0 Å². The molecule has 3 rings (SSSR count). The zero-order valence-electron chi connectivity index (χ0n) is 10.6. The van der Waals surface area contributed by atoms with Crippen LogP contribution in [0.25, 0.3) is 15.5 Å². The van der Waals surface area contributed by atoms with Crippen molar-refractivity contribution in [3.63, 3.8) is 0 Å². The standard InChI is InChI=1S/C12H13N5S2/c1-8(2)18-7-10-14-15-12-17(10)16-11(19-12)9-3-5-13-6-4-9/h3-6,8H,7H2,1-2H3. The third-order valence-electron chi connectivity index (χ3n) is 2.53. The quantitative estimate of drug-likeness (QED) is 0.740. The average Bonchev–Trinajstić information content (AvgIpc) is 2.97. The molecule has 7 heteroatoms. The van der Waals surface area contributed by atoms with E-state index in [1.165, 1.54) is 0 Å². The zero-order chi connectivity index (χ0) is 13.2. The fourth-order valence-electron chi connectivity index (χ4n) is 1.60. The van der Waals surface area contributed by atoms with Gasteiger partial charge in [-0.1, -0.05) is 25.2 Å². The lowest BCUT2D eigenvalue weighted by Gasteiger charge is -2.01. The van der Waals surface area contributed by atoms with E-state index in [2.05, 4.69) is 34.1 Å². The molecule has 3 heterocycles. The zero-order valence-corrected chi connectivity index (χ0v) is 12.3. The van der Waals surface area contributed by atoms with Crippen molar-refractivity contribution in [2.24, 2.45) is 0 Å². The fraction of sp³-hybridized carbons (Fsp3) is 0.333. The number of rotatable bonds is 4. The van der Waals surface area contributed by atoms with Crippen LogP contribution >= 0.6 is 23.1 Å². The summed E-state index contributed by atoms with van der Waals surface area (Å²) in [5, 5.41) is 14.5. The smallest absolute Gasteiger partial charge is 0.235 e. The molecule has 0 spiro atoms. The van der Waals surface area contributed by atoms with Crippen molar-refractivity contribution < 1.29 is 0 Å². The van der Waals surface area contributed by atoms with Crippen molar-refractivity contribution in [2.45, 2.75) is 24.9 Å². The Kier molecular flexibility index (Phi) is 3.48. The lowest BCUT2D eigenvalue weighted by molar-refractivity contribution is 0.885. The van der Waals surface area contributed by atoms with Crippen molar-refractivity contribution in [3.05, 3.63) is 30.4 Å². The first-order valence-corrected chi connectivity index (χ1v) is 7.83. The summed E-state index contributed by atoms with van der Waals surface area (Å²) in [6.45, 7) is 4.35. The normalized spacial score (nSPS) is 11.5. The van der Waals surface area contributed by atoms with Gasteiger partial charge in [0.1, 0.15) is 5.01 Å². The highest BCUT2D eigenvalue weighted by Crippen LogP contribution is 2.26. The summed E-state index contributed by atoms with van der Waals surface area (Å²) >= 11 is 3.39. The van der Waals surface area contributed by atoms with Crippen LogP contribution < -0.4 is 0 Å². The largest absolute Gasteiger partial charge is 0.265 e. The molecule has 0 amide bonds. The van der Waals surface area contributed by atoms with E-state index >= 15 is 0 Å². The summed E-state index contributed by atoms with van der Waals surface area (Å²) in [7, 11) is 0. The summed E-state index contributed by atoms with van der Waals surface area (Å²) in [5.74, 6) is 1.74. The topological polar surface area (TPSA) is 56.0 Å². The van der Waals surface area contributed by atoms with Gasteiger partial charge in [-0.2, -0.15) is 21.4 Å². The lowest BCUT2D eigenvalue weighted by Crippen LogP contribution is -1.96. The molecule has 3 aromatic heterocycles. The Labute approximate surface area is 119 Å². The van der Waals surface area contributed by atoms with Gasteiger partial charge >= 0.3 is 0 Å². The summed E-state index contributed by atoms with van der Waals surface area (Å²) in [6.07, 6.45) is 3.54. The van der Waals surface area contributed by atoms with Crippen LogP contribution in [-0.2, 0) is 5.75 Å². The van der Waals surface area contributed by atoms with Crippen LogP contribution in [-0.4, -0.2) is 30.0 Å². The van der Waals surface area contributed by atoms with Crippen LogP contribution in [0.4, 0.5) is 0 Å². The molecule has 0 aromatic carbocycles. The maximum Gasteiger partial charge on any atom is 0.235 e. The molecule has 0 radical (unpaired) electrons. The number of nitrogens with zero attached hydrogens (tertiary/aromatic N) is 5. The van der Waals surface area contributed by atoms with Crippen LogP contribution in [0.1, 0.15) is 19.7 Å². The Balaban J connectivity index is 1.94. The van der Waals surface area contributed by atoms with Crippen LogP contribution in [0.3, 0.4) is 0 Å². The molecule has 0 aliphatic rings. The molecule has 5 nitrogen and oxygen atoms in total. The number of aromatic nitrogens is 5. The highest BCUT2D eigenvalue weighted by molar-refractivity contribution is 7.99. The van der Waals surface area contributed by atoms with E-state index in [9.17, 15) is 0 Å². The Morgan fingerprint density at radius 2 is 2.05 bits per heavy atom. The highest BCUT2D eigenvalue weighted by Gasteiger charge is 2.13. The number of pyridine rings is 1. The van der Waals surface area contributed by atoms with Crippen molar-refractivity contribution >= 4 is 28.1 Å². The number of hydrogen-bond acceptors (Lipinski definition) is 6. The van der Waals surface area contributed by atoms with E-state index in [4.69, 9.17) is 0 Å². The summed E-state index contributed by atoms with van der Waals surface area (Å²) in [6, 6.07) is 3.91. The predicted octanol–water partition coefficient (Wildman–Crippen LogP) is 2.89. The molecule has 19 heavy (non-hydrogen) atoms. The van der Waals surface area contributed by atoms with Gasteiger partial charge in [-0.05, 0) is 17.4 Å². The van der Waals surface area contributed by atoms with E-state index in [0.717, 1.165) is 27.1 Å². The highest BCUT2D eigenvalue weighted by atomic mass is 32.2. The monoisotopic (exact) mass is 291 g/mol. The van der Waals surface area contributed by atoms with Crippen molar-refractivity contribution in [1.29, 1.82) is 0 Å². The molecule has 0 fully saturated rings. The molecule has 0 saturated heterocycles. The lowest BCUT2D eigenvalue weighted by atomic mass is 10.3. The van der Waals surface area contributed by atoms with Crippen LogP contribution in [0.15, 0.2) is 24.5 Å². The van der Waals surface area contributed by atoms with Gasteiger partial charge in [0.25, 0.3) is 0 Å². The van der Waals surface area contributed by atoms with Gasteiger partial charge in [-0.3, -0.25) is 4.98 Å². The summed E-state index contributed by atoms with van der Waals surface area (Å²) in [4.78, 5) is 4.86. The minimum atomic E-state index is 0.575. The van der Waals surface area contributed by atoms with Gasteiger partial charge in [-0.15, -0.1) is 10.2 Å². The van der Waals surface area contributed by atoms with Gasteiger partial charge in [0.05, 0.1) is 5.75 Å². The molecule has 3 aromatic rings. The third-order valence-corrected chi connectivity index (χ3v) is 4.57. The average molecular weight is 291 g/mol. The Morgan fingerprint density at radius 1 is 1.26 bits per heavy atom. The van der Waals surface area contributed by atoms with E-state index in [1.807, 2.05) is 28.4 Å². The van der Waals surface area contributed by atoms with Gasteiger partial charge in [0.15, 0.2) is 5.82 Å². The molecule has 0 aliphatic carbocycles. The van der Waals surface area contributed by atoms with Crippen LogP contribution in [0.2, 0.25) is 0 Å². The molecule has 0 bridgehead atoms. The SMILES string of the molecule is CC(C)SCc1nnc2sc(-c3ccncc3)nn12. The molecular weight excluding hydrogens is 278 g/mol. The summed E-state index contributed by atoms with van der Waals surface area (Å²) in [5.41, 5.74) is 1.06. The van der Waals surface area contributed by atoms with Crippen LogP contribution in [0.5, 0.6) is 0 Å². The minimum Gasteiger partial charge on any atom is -0.265 e. The third kappa shape index (κ3) is 2.62. The first kappa shape index (κ1) is 12.6. The fourth-order valence-corrected chi connectivity index (χ4v) is 3.13. The van der Waals surface area contributed by atoms with E-state index in [-0.39, 0.29) is 0 Å². The van der Waals surface area contributed by atoms with E-state index in [1.54, 1.807) is 23.7 Å². The number of hydrogen-bond donors (Lipinski definition) is 0. The van der Waals surface area contributed by atoms with Crippen molar-refractivity contribution in [2.75, 3.05) is 0 Å². The van der Waals surface area contributed by atoms with Crippen molar-refractivity contribution in [1.82, 2.24) is 24.8 Å². The van der Waals surface area contributed by atoms with Crippen molar-refractivity contribution in [3.8, 4) is 10.6 Å². The molecular formula is C12H13N5S2. The molecule has 0 aliphatic heterocycles. The van der Waals surface area contributed by atoms with Crippen LogP contribution in [0, 0.1) is 0 Å². The first-order valence-electron chi connectivity index (χ1n) is 5.97.